The first kappa shape index (κ1) is 22.7. The largest absolute Gasteiger partial charge is 0.490 e. The summed E-state index contributed by atoms with van der Waals surface area (Å²) in [5, 5.41) is 15.8. The number of hydrogen-bond donors (Lipinski definition) is 1. The molecule has 1 N–H and O–H groups in total. The summed E-state index contributed by atoms with van der Waals surface area (Å²) in [6, 6.07) is 4.21. The maximum atomic E-state index is 10.6. The Labute approximate surface area is 174 Å². The van der Waals surface area contributed by atoms with Gasteiger partial charge in [-0.15, -0.1) is 5.10 Å². The fourth-order valence-corrected chi connectivity index (χ4v) is 4.68. The Kier molecular flexibility index (Phi) is 7.51. The maximum Gasteiger partial charge on any atom is 0.490 e. The zero-order valence-corrected chi connectivity index (χ0v) is 17.1. The second-order valence-electron chi connectivity index (χ2n) is 8.27. The van der Waals surface area contributed by atoms with Crippen molar-refractivity contribution in [2.24, 2.45) is 17.8 Å². The predicted octanol–water partition coefficient (Wildman–Crippen LogP) is 2.60. The SMILES string of the molecule is Cc1ccc(N2C[C@H]3CCC[C@@H](CN4CCOCC4)[C@H]3C2)nn1.O=C(O)C(F)(F)F. The van der Waals surface area contributed by atoms with Gasteiger partial charge in [0.15, 0.2) is 5.82 Å². The highest BCUT2D eigenvalue weighted by molar-refractivity contribution is 5.73. The van der Waals surface area contributed by atoms with Gasteiger partial charge in [0, 0.05) is 32.7 Å². The molecule has 0 aromatic carbocycles. The maximum absolute atomic E-state index is 10.6. The quantitative estimate of drug-likeness (QED) is 0.790. The number of hydrogen-bond acceptors (Lipinski definition) is 6. The second-order valence-corrected chi connectivity index (χ2v) is 8.27. The average Bonchev–Trinajstić information content (AvgIpc) is 3.14. The van der Waals surface area contributed by atoms with Crippen molar-refractivity contribution >= 4 is 11.8 Å². The summed E-state index contributed by atoms with van der Waals surface area (Å²) in [7, 11) is 0. The van der Waals surface area contributed by atoms with Crippen molar-refractivity contribution < 1.29 is 27.8 Å². The highest BCUT2D eigenvalue weighted by Crippen LogP contribution is 2.41. The van der Waals surface area contributed by atoms with Gasteiger partial charge in [-0.1, -0.05) is 6.42 Å². The number of morpholine rings is 1. The molecule has 0 radical (unpaired) electrons. The molecule has 1 aliphatic carbocycles. The third-order valence-electron chi connectivity index (χ3n) is 6.19. The smallest absolute Gasteiger partial charge is 0.475 e. The van der Waals surface area contributed by atoms with Gasteiger partial charge in [0.1, 0.15) is 0 Å². The third kappa shape index (κ3) is 6.04. The van der Waals surface area contributed by atoms with Gasteiger partial charge in [0.2, 0.25) is 0 Å². The van der Waals surface area contributed by atoms with Gasteiger partial charge in [-0.3, -0.25) is 4.90 Å². The van der Waals surface area contributed by atoms with Crippen LogP contribution in [0.15, 0.2) is 12.1 Å². The van der Waals surface area contributed by atoms with Gasteiger partial charge in [-0.25, -0.2) is 4.79 Å². The number of alkyl halides is 3. The molecule has 30 heavy (non-hydrogen) atoms. The minimum absolute atomic E-state index is 0.828. The molecule has 1 saturated carbocycles. The lowest BCUT2D eigenvalue weighted by molar-refractivity contribution is -0.192. The molecule has 10 heteroatoms. The second kappa shape index (κ2) is 9.91. The molecule has 3 heterocycles. The van der Waals surface area contributed by atoms with Crippen LogP contribution in [0.25, 0.3) is 0 Å². The monoisotopic (exact) mass is 430 g/mol. The Morgan fingerprint density at radius 2 is 1.90 bits per heavy atom. The van der Waals surface area contributed by atoms with E-state index in [2.05, 4.69) is 32.1 Å². The van der Waals surface area contributed by atoms with Crippen molar-refractivity contribution in [3.63, 3.8) is 0 Å². The van der Waals surface area contributed by atoms with Crippen LogP contribution in [0.5, 0.6) is 0 Å². The van der Waals surface area contributed by atoms with E-state index in [9.17, 15) is 13.2 Å². The van der Waals surface area contributed by atoms with E-state index in [4.69, 9.17) is 14.6 Å². The molecule has 0 spiro atoms. The fraction of sp³-hybridized carbons (Fsp3) is 0.750. The molecular weight excluding hydrogens is 401 g/mol. The van der Waals surface area contributed by atoms with Crippen LogP contribution in [0.3, 0.4) is 0 Å². The molecule has 1 aromatic heterocycles. The van der Waals surface area contributed by atoms with E-state index in [0.29, 0.717) is 0 Å². The van der Waals surface area contributed by atoms with Gasteiger partial charge in [0.05, 0.1) is 18.9 Å². The topological polar surface area (TPSA) is 78.8 Å². The lowest BCUT2D eigenvalue weighted by Crippen LogP contribution is -2.43. The number of fused-ring (bicyclic) bond motifs is 1. The van der Waals surface area contributed by atoms with Crippen molar-refractivity contribution in [3.05, 3.63) is 17.8 Å². The van der Waals surface area contributed by atoms with E-state index in [-0.39, 0.29) is 0 Å². The van der Waals surface area contributed by atoms with Crippen LogP contribution in [0, 0.1) is 24.7 Å². The van der Waals surface area contributed by atoms with E-state index < -0.39 is 12.1 Å². The number of carboxylic acids is 1. The molecule has 2 saturated heterocycles. The minimum Gasteiger partial charge on any atom is -0.475 e. The predicted molar refractivity (Wildman–Crippen MR) is 104 cm³/mol. The van der Waals surface area contributed by atoms with Crippen molar-refractivity contribution in [2.45, 2.75) is 32.4 Å². The summed E-state index contributed by atoms with van der Waals surface area (Å²) < 4.78 is 37.2. The molecule has 1 aromatic rings. The van der Waals surface area contributed by atoms with Gasteiger partial charge in [-0.2, -0.15) is 18.3 Å². The summed E-state index contributed by atoms with van der Waals surface area (Å²) in [6.45, 7) is 9.64. The molecule has 3 aliphatic rings. The average molecular weight is 430 g/mol. The third-order valence-corrected chi connectivity index (χ3v) is 6.19. The molecule has 0 bridgehead atoms. The van der Waals surface area contributed by atoms with Crippen LogP contribution in [-0.4, -0.2) is 78.3 Å². The van der Waals surface area contributed by atoms with Gasteiger partial charge < -0.3 is 14.7 Å². The van der Waals surface area contributed by atoms with Crippen LogP contribution < -0.4 is 4.90 Å². The van der Waals surface area contributed by atoms with E-state index in [1.54, 1.807) is 0 Å². The van der Waals surface area contributed by atoms with E-state index in [0.717, 1.165) is 62.1 Å². The first-order valence-electron chi connectivity index (χ1n) is 10.4. The number of ether oxygens (including phenoxy) is 1. The number of aliphatic carboxylic acids is 1. The summed E-state index contributed by atoms with van der Waals surface area (Å²) in [5.41, 5.74) is 0.996. The van der Waals surface area contributed by atoms with Crippen molar-refractivity contribution in [1.29, 1.82) is 0 Å². The van der Waals surface area contributed by atoms with Crippen molar-refractivity contribution in [3.8, 4) is 0 Å². The normalized spacial score (nSPS) is 27.2. The Morgan fingerprint density at radius 3 is 2.50 bits per heavy atom. The lowest BCUT2D eigenvalue weighted by atomic mass is 9.73. The zero-order chi connectivity index (χ0) is 21.7. The number of aromatic nitrogens is 2. The highest BCUT2D eigenvalue weighted by Gasteiger charge is 2.41. The summed E-state index contributed by atoms with van der Waals surface area (Å²) >= 11 is 0. The first-order valence-corrected chi connectivity index (χ1v) is 10.4. The molecule has 3 fully saturated rings. The Morgan fingerprint density at radius 1 is 1.20 bits per heavy atom. The van der Waals surface area contributed by atoms with E-state index >= 15 is 0 Å². The van der Waals surface area contributed by atoms with Crippen LogP contribution in [0.1, 0.15) is 25.0 Å². The number of carbonyl (C=O) groups is 1. The summed E-state index contributed by atoms with van der Waals surface area (Å²) in [5.74, 6) is 0.825. The number of anilines is 1. The highest BCUT2D eigenvalue weighted by atomic mass is 19.4. The molecule has 0 unspecified atom stereocenters. The van der Waals surface area contributed by atoms with Crippen LogP contribution in [-0.2, 0) is 9.53 Å². The number of halogens is 3. The van der Waals surface area contributed by atoms with Gasteiger partial charge in [0.25, 0.3) is 0 Å². The molecule has 4 rings (SSSR count). The molecule has 168 valence electrons. The number of aryl methyl sites for hydroxylation is 1. The molecule has 2 aliphatic heterocycles. The first-order chi connectivity index (χ1) is 14.2. The van der Waals surface area contributed by atoms with Gasteiger partial charge in [-0.05, 0) is 49.7 Å². The van der Waals surface area contributed by atoms with Crippen LogP contribution in [0.4, 0.5) is 19.0 Å². The Bertz CT molecular complexity index is 696. The molecule has 3 atom stereocenters. The summed E-state index contributed by atoms with van der Waals surface area (Å²) in [6.07, 6.45) is -0.907. The lowest BCUT2D eigenvalue weighted by Gasteiger charge is -2.37. The number of carboxylic acid groups (broad SMARTS) is 1. The van der Waals surface area contributed by atoms with Gasteiger partial charge >= 0.3 is 12.1 Å². The molecular formula is C20H29F3N4O3. The minimum atomic E-state index is -5.08. The zero-order valence-electron chi connectivity index (χ0n) is 17.1. The van der Waals surface area contributed by atoms with Crippen molar-refractivity contribution in [2.75, 3.05) is 50.8 Å². The van der Waals surface area contributed by atoms with Crippen LogP contribution >= 0.6 is 0 Å². The Hall–Kier alpha value is -1.94. The Balaban J connectivity index is 0.000000318. The number of rotatable bonds is 3. The van der Waals surface area contributed by atoms with E-state index in [1.165, 1.54) is 32.4 Å². The van der Waals surface area contributed by atoms with Crippen molar-refractivity contribution in [1.82, 2.24) is 15.1 Å². The summed E-state index contributed by atoms with van der Waals surface area (Å²) in [4.78, 5) is 14.0. The standard InChI is InChI=1S/C18H28N4O.C2HF3O2/c1-14-5-6-18(20-19-14)22-12-16-4-2-3-15(17(16)13-22)11-21-7-9-23-10-8-21;3-2(4,5)1(6)7/h5-6,15-17H,2-4,7-13H2,1H3;(H,6,7)/t15-,16+,17+;/m0./s1. The number of nitrogens with zero attached hydrogens (tertiary/aromatic N) is 4. The molecule has 7 nitrogen and oxygen atoms in total. The molecule has 0 amide bonds. The van der Waals surface area contributed by atoms with Crippen LogP contribution in [0.2, 0.25) is 0 Å². The van der Waals surface area contributed by atoms with E-state index in [1.807, 2.05) is 6.92 Å². The fourth-order valence-electron chi connectivity index (χ4n) is 4.68.